The molecule has 0 fully saturated rings. The van der Waals surface area contributed by atoms with Crippen LogP contribution in [0.1, 0.15) is 17.2 Å². The van der Waals surface area contributed by atoms with Crippen molar-refractivity contribution in [2.24, 2.45) is 0 Å². The van der Waals surface area contributed by atoms with E-state index in [1.807, 2.05) is 6.07 Å². The Hall–Kier alpha value is -2.07. The molecule has 0 heterocycles. The molecule has 0 aromatic heterocycles. The molecule has 4 heteroatoms. The standard InChI is InChI=1S/C15H15FO3/c1-18-13-8-11(12(16)9-14(13)19-2)15(17)10-6-4-3-5-7-10/h3-9,15,17H,1-2H3. The summed E-state index contributed by atoms with van der Waals surface area (Å²) in [5.41, 5.74) is 0.775. The summed E-state index contributed by atoms with van der Waals surface area (Å²) < 4.78 is 24.1. The van der Waals surface area contributed by atoms with Gasteiger partial charge in [-0.3, -0.25) is 0 Å². The van der Waals surface area contributed by atoms with Crippen LogP contribution in [0.5, 0.6) is 11.5 Å². The van der Waals surface area contributed by atoms with Crippen LogP contribution >= 0.6 is 0 Å². The Labute approximate surface area is 111 Å². The van der Waals surface area contributed by atoms with Gasteiger partial charge in [0.2, 0.25) is 0 Å². The summed E-state index contributed by atoms with van der Waals surface area (Å²) in [6, 6.07) is 11.5. The normalized spacial score (nSPS) is 12.0. The third kappa shape index (κ3) is 2.69. The lowest BCUT2D eigenvalue weighted by molar-refractivity contribution is 0.214. The zero-order valence-electron chi connectivity index (χ0n) is 10.8. The van der Waals surface area contributed by atoms with Crippen LogP contribution in [-0.4, -0.2) is 19.3 Å². The Kier molecular flexibility index (Phi) is 4.02. The SMILES string of the molecule is COc1cc(F)c(C(O)c2ccccc2)cc1OC. The van der Waals surface area contributed by atoms with Crippen molar-refractivity contribution in [1.82, 2.24) is 0 Å². The maximum absolute atomic E-state index is 14.0. The molecule has 0 aliphatic rings. The number of aliphatic hydroxyl groups excluding tert-OH is 1. The van der Waals surface area contributed by atoms with Crippen LogP contribution in [0.25, 0.3) is 0 Å². The molecule has 2 aromatic rings. The zero-order chi connectivity index (χ0) is 13.8. The van der Waals surface area contributed by atoms with Gasteiger partial charge >= 0.3 is 0 Å². The van der Waals surface area contributed by atoms with Gasteiger partial charge in [0.05, 0.1) is 14.2 Å². The van der Waals surface area contributed by atoms with Gasteiger partial charge in [-0.25, -0.2) is 4.39 Å². The highest BCUT2D eigenvalue weighted by atomic mass is 19.1. The molecule has 0 bridgehead atoms. The number of methoxy groups -OCH3 is 2. The second kappa shape index (κ2) is 5.71. The highest BCUT2D eigenvalue weighted by Gasteiger charge is 2.18. The fraction of sp³-hybridized carbons (Fsp3) is 0.200. The molecule has 0 spiro atoms. The molecule has 1 N–H and O–H groups in total. The second-order valence-corrected chi connectivity index (χ2v) is 4.04. The van der Waals surface area contributed by atoms with Crippen LogP contribution in [0.4, 0.5) is 4.39 Å². The van der Waals surface area contributed by atoms with E-state index in [-0.39, 0.29) is 5.56 Å². The first kappa shape index (κ1) is 13.4. The molecule has 0 radical (unpaired) electrons. The van der Waals surface area contributed by atoms with Gasteiger partial charge in [0.25, 0.3) is 0 Å². The molecule has 19 heavy (non-hydrogen) atoms. The van der Waals surface area contributed by atoms with Gasteiger partial charge < -0.3 is 14.6 Å². The molecular formula is C15H15FO3. The van der Waals surface area contributed by atoms with E-state index in [1.165, 1.54) is 26.4 Å². The van der Waals surface area contributed by atoms with E-state index in [2.05, 4.69) is 0 Å². The zero-order valence-corrected chi connectivity index (χ0v) is 10.8. The molecule has 2 rings (SSSR count). The molecule has 0 aliphatic carbocycles. The van der Waals surface area contributed by atoms with E-state index >= 15 is 0 Å². The van der Waals surface area contributed by atoms with Crippen molar-refractivity contribution in [1.29, 1.82) is 0 Å². The van der Waals surface area contributed by atoms with Crippen molar-refractivity contribution in [2.75, 3.05) is 14.2 Å². The van der Waals surface area contributed by atoms with Gasteiger partial charge in [0.1, 0.15) is 11.9 Å². The van der Waals surface area contributed by atoms with Gasteiger partial charge in [0.15, 0.2) is 11.5 Å². The van der Waals surface area contributed by atoms with Crippen molar-refractivity contribution in [2.45, 2.75) is 6.10 Å². The average molecular weight is 262 g/mol. The lowest BCUT2D eigenvalue weighted by atomic mass is 10.0. The average Bonchev–Trinajstić information content (AvgIpc) is 2.47. The summed E-state index contributed by atoms with van der Waals surface area (Å²) >= 11 is 0. The van der Waals surface area contributed by atoms with Crippen molar-refractivity contribution < 1.29 is 19.0 Å². The van der Waals surface area contributed by atoms with Gasteiger partial charge in [-0.1, -0.05) is 30.3 Å². The number of halogens is 1. The topological polar surface area (TPSA) is 38.7 Å². The van der Waals surface area contributed by atoms with E-state index in [1.54, 1.807) is 24.3 Å². The fourth-order valence-corrected chi connectivity index (χ4v) is 1.89. The lowest BCUT2D eigenvalue weighted by Crippen LogP contribution is -2.04. The fourth-order valence-electron chi connectivity index (χ4n) is 1.89. The predicted octanol–water partition coefficient (Wildman–Crippen LogP) is 2.92. The van der Waals surface area contributed by atoms with Crippen LogP contribution in [-0.2, 0) is 0 Å². The third-order valence-corrected chi connectivity index (χ3v) is 2.91. The first-order valence-corrected chi connectivity index (χ1v) is 5.81. The first-order valence-electron chi connectivity index (χ1n) is 5.81. The minimum absolute atomic E-state index is 0.156. The molecule has 100 valence electrons. The summed E-state index contributed by atoms with van der Waals surface area (Å²) in [6.45, 7) is 0. The molecule has 3 nitrogen and oxygen atoms in total. The lowest BCUT2D eigenvalue weighted by Gasteiger charge is -2.15. The van der Waals surface area contributed by atoms with Gasteiger partial charge in [-0.2, -0.15) is 0 Å². The van der Waals surface area contributed by atoms with Gasteiger partial charge in [0, 0.05) is 11.6 Å². The van der Waals surface area contributed by atoms with Crippen molar-refractivity contribution in [3.05, 3.63) is 59.4 Å². The number of hydrogen-bond acceptors (Lipinski definition) is 3. The third-order valence-electron chi connectivity index (χ3n) is 2.91. The Morgan fingerprint density at radius 1 is 1.00 bits per heavy atom. The Morgan fingerprint density at radius 3 is 2.16 bits per heavy atom. The van der Waals surface area contributed by atoms with Crippen molar-refractivity contribution in [3.63, 3.8) is 0 Å². The maximum atomic E-state index is 14.0. The highest BCUT2D eigenvalue weighted by molar-refractivity contribution is 5.46. The smallest absolute Gasteiger partial charge is 0.163 e. The van der Waals surface area contributed by atoms with E-state index in [4.69, 9.17) is 9.47 Å². The van der Waals surface area contributed by atoms with Crippen molar-refractivity contribution in [3.8, 4) is 11.5 Å². The summed E-state index contributed by atoms with van der Waals surface area (Å²) in [5.74, 6) is 0.145. The summed E-state index contributed by atoms with van der Waals surface area (Å²) in [7, 11) is 2.90. The molecular weight excluding hydrogens is 247 g/mol. The predicted molar refractivity (Wildman–Crippen MR) is 70.0 cm³/mol. The van der Waals surface area contributed by atoms with Crippen LogP contribution in [0, 0.1) is 5.82 Å². The molecule has 0 saturated carbocycles. The summed E-state index contributed by atoms with van der Waals surface area (Å²) in [5, 5.41) is 10.2. The van der Waals surface area contributed by atoms with Crippen molar-refractivity contribution >= 4 is 0 Å². The maximum Gasteiger partial charge on any atom is 0.163 e. The van der Waals surface area contributed by atoms with E-state index in [0.717, 1.165) is 0 Å². The second-order valence-electron chi connectivity index (χ2n) is 4.04. The monoisotopic (exact) mass is 262 g/mol. The molecule has 1 atom stereocenters. The minimum Gasteiger partial charge on any atom is -0.493 e. The number of ether oxygens (including phenoxy) is 2. The number of aliphatic hydroxyl groups is 1. The largest absolute Gasteiger partial charge is 0.493 e. The van der Waals surface area contributed by atoms with Gasteiger partial charge in [-0.15, -0.1) is 0 Å². The van der Waals surface area contributed by atoms with Gasteiger partial charge in [-0.05, 0) is 11.6 Å². The first-order chi connectivity index (χ1) is 9.17. The van der Waals surface area contributed by atoms with E-state index in [0.29, 0.717) is 17.1 Å². The number of rotatable bonds is 4. The Bertz CT molecular complexity index is 555. The Morgan fingerprint density at radius 2 is 1.58 bits per heavy atom. The van der Waals surface area contributed by atoms with E-state index in [9.17, 15) is 9.50 Å². The molecule has 0 aliphatic heterocycles. The van der Waals surface area contributed by atoms with E-state index < -0.39 is 11.9 Å². The van der Waals surface area contributed by atoms with Crippen LogP contribution in [0.2, 0.25) is 0 Å². The van der Waals surface area contributed by atoms with Crippen LogP contribution in [0.15, 0.2) is 42.5 Å². The minimum atomic E-state index is -1.04. The molecule has 0 amide bonds. The molecule has 2 aromatic carbocycles. The Balaban J connectivity index is 2.45. The van der Waals surface area contributed by atoms with Crippen LogP contribution in [0.3, 0.4) is 0 Å². The van der Waals surface area contributed by atoms with Crippen LogP contribution < -0.4 is 9.47 Å². The molecule has 0 saturated heterocycles. The highest BCUT2D eigenvalue weighted by Crippen LogP contribution is 2.34. The number of hydrogen-bond donors (Lipinski definition) is 1. The summed E-state index contributed by atoms with van der Waals surface area (Å²) in [4.78, 5) is 0. The molecule has 1 unspecified atom stereocenters. The summed E-state index contributed by atoms with van der Waals surface area (Å²) in [6.07, 6.45) is -1.04. The quantitative estimate of drug-likeness (QED) is 0.920. The number of benzene rings is 2.